The number of aromatic amines is 1. The number of carbonyl (C=O) groups excluding carboxylic acids is 1. The maximum absolute atomic E-state index is 12.3. The summed E-state index contributed by atoms with van der Waals surface area (Å²) in [5, 5.41) is 10.9. The van der Waals surface area contributed by atoms with Gasteiger partial charge in [0.05, 0.1) is 21.9 Å². The maximum atomic E-state index is 12.3. The Morgan fingerprint density at radius 2 is 2.04 bits per heavy atom. The van der Waals surface area contributed by atoms with Crippen LogP contribution in [0.1, 0.15) is 31.1 Å². The largest absolute Gasteiger partial charge is 0.456 e. The molecule has 0 fully saturated rings. The molecule has 0 bridgehead atoms. The average Bonchev–Trinajstić information content (AvgIpc) is 2.45. The van der Waals surface area contributed by atoms with Gasteiger partial charge in [0.25, 0.3) is 0 Å². The lowest BCUT2D eigenvalue weighted by molar-refractivity contribution is -0.386. The Balaban J connectivity index is 2.66. The summed E-state index contributed by atoms with van der Waals surface area (Å²) in [6, 6.07) is 5.82. The molecule has 0 amide bonds. The highest BCUT2D eigenvalue weighted by atomic mass is 16.6. The molecule has 0 atom stereocenters. The van der Waals surface area contributed by atoms with Crippen molar-refractivity contribution in [3.63, 3.8) is 0 Å². The Morgan fingerprint density at radius 3 is 2.57 bits per heavy atom. The molecule has 0 spiro atoms. The van der Waals surface area contributed by atoms with Crippen LogP contribution < -0.4 is 5.56 Å². The fourth-order valence-electron chi connectivity index (χ4n) is 1.86. The van der Waals surface area contributed by atoms with Crippen molar-refractivity contribution in [2.24, 2.45) is 0 Å². The molecule has 0 aliphatic rings. The van der Waals surface area contributed by atoms with Crippen molar-refractivity contribution in [3.8, 4) is 11.4 Å². The van der Waals surface area contributed by atoms with Crippen molar-refractivity contribution >= 4 is 11.7 Å². The number of nitrogens with zero attached hydrogens (tertiary/aromatic N) is 2. The fourth-order valence-corrected chi connectivity index (χ4v) is 1.86. The smallest absolute Gasteiger partial charge is 0.341 e. The van der Waals surface area contributed by atoms with E-state index in [0.29, 0.717) is 5.69 Å². The minimum Gasteiger partial charge on any atom is -0.456 e. The van der Waals surface area contributed by atoms with E-state index < -0.39 is 27.7 Å². The van der Waals surface area contributed by atoms with E-state index in [1.165, 1.54) is 6.20 Å². The van der Waals surface area contributed by atoms with Gasteiger partial charge in [-0.05, 0) is 32.9 Å². The zero-order valence-electron chi connectivity index (χ0n) is 12.8. The lowest BCUT2D eigenvalue weighted by Gasteiger charge is -2.20. The monoisotopic (exact) mass is 317 g/mol. The summed E-state index contributed by atoms with van der Waals surface area (Å²) in [5.41, 5.74) is -2.17. The van der Waals surface area contributed by atoms with Gasteiger partial charge in [0.1, 0.15) is 5.60 Å². The lowest BCUT2D eigenvalue weighted by atomic mass is 10.1. The first-order valence-electron chi connectivity index (χ1n) is 6.75. The second kappa shape index (κ2) is 5.99. The summed E-state index contributed by atoms with van der Waals surface area (Å²) in [5.74, 6) is -0.780. The summed E-state index contributed by atoms with van der Waals surface area (Å²) in [6.07, 6.45) is 1.48. The van der Waals surface area contributed by atoms with E-state index in [2.05, 4.69) is 9.97 Å². The van der Waals surface area contributed by atoms with Crippen LogP contribution in [0.2, 0.25) is 0 Å². The zero-order valence-corrected chi connectivity index (χ0v) is 12.8. The molecule has 2 aromatic rings. The van der Waals surface area contributed by atoms with Crippen molar-refractivity contribution in [2.75, 3.05) is 0 Å². The zero-order chi connectivity index (χ0) is 17.2. The first kappa shape index (κ1) is 16.3. The minimum atomic E-state index is -0.914. The van der Waals surface area contributed by atoms with Crippen molar-refractivity contribution in [1.82, 2.24) is 9.97 Å². The fraction of sp³-hybridized carbons (Fsp3) is 0.267. The number of nitrogens with one attached hydrogen (secondary N) is 1. The van der Waals surface area contributed by atoms with Gasteiger partial charge in [-0.25, -0.2) is 4.79 Å². The van der Waals surface area contributed by atoms with Crippen LogP contribution in [0.5, 0.6) is 0 Å². The number of pyridine rings is 2. The Morgan fingerprint density at radius 1 is 1.35 bits per heavy atom. The molecule has 0 aromatic carbocycles. The van der Waals surface area contributed by atoms with E-state index in [4.69, 9.17) is 4.74 Å². The number of ether oxygens (including phenoxy) is 1. The standard InChI is InChI=1S/C15H15N3O5/c1-15(2,3)23-14(20)9-8-11(18(21)22)13(19)17-12(9)10-6-4-5-7-16-10/h4-8H,1-3H3,(H,17,19). The molecular weight excluding hydrogens is 302 g/mol. The number of esters is 1. The molecule has 0 unspecified atom stereocenters. The highest BCUT2D eigenvalue weighted by Gasteiger charge is 2.26. The van der Waals surface area contributed by atoms with E-state index in [0.717, 1.165) is 6.07 Å². The van der Waals surface area contributed by atoms with E-state index in [1.54, 1.807) is 39.0 Å². The van der Waals surface area contributed by atoms with E-state index in [-0.39, 0.29) is 11.3 Å². The van der Waals surface area contributed by atoms with Gasteiger partial charge >= 0.3 is 17.2 Å². The van der Waals surface area contributed by atoms with E-state index in [1.807, 2.05) is 0 Å². The highest BCUT2D eigenvalue weighted by molar-refractivity contribution is 5.96. The van der Waals surface area contributed by atoms with E-state index in [9.17, 15) is 19.7 Å². The quantitative estimate of drug-likeness (QED) is 0.527. The Labute approximate surface area is 131 Å². The van der Waals surface area contributed by atoms with Crippen LogP contribution in [-0.4, -0.2) is 26.5 Å². The number of H-pyrrole nitrogens is 1. The molecule has 8 heteroatoms. The van der Waals surface area contributed by atoms with Gasteiger partial charge in [-0.15, -0.1) is 0 Å². The molecule has 0 aliphatic carbocycles. The van der Waals surface area contributed by atoms with Gasteiger partial charge < -0.3 is 9.72 Å². The molecule has 8 nitrogen and oxygen atoms in total. The number of nitro groups is 1. The molecule has 0 radical (unpaired) electrons. The summed E-state index contributed by atoms with van der Waals surface area (Å²) in [7, 11) is 0. The maximum Gasteiger partial charge on any atom is 0.341 e. The first-order chi connectivity index (χ1) is 10.7. The number of carbonyl (C=O) groups is 1. The lowest BCUT2D eigenvalue weighted by Crippen LogP contribution is -2.25. The number of hydrogen-bond acceptors (Lipinski definition) is 6. The predicted molar refractivity (Wildman–Crippen MR) is 82.1 cm³/mol. The van der Waals surface area contributed by atoms with Crippen LogP contribution in [0.4, 0.5) is 5.69 Å². The Bertz CT molecular complexity index is 806. The van der Waals surface area contributed by atoms with Crippen molar-refractivity contribution in [3.05, 3.63) is 56.5 Å². The number of rotatable bonds is 3. The molecule has 1 N–H and O–H groups in total. The van der Waals surface area contributed by atoms with Gasteiger partial charge in [-0.2, -0.15) is 0 Å². The average molecular weight is 317 g/mol. The SMILES string of the molecule is CC(C)(C)OC(=O)c1cc([N+](=O)[O-])c(=O)[nH]c1-c1ccccn1. The molecule has 0 aliphatic heterocycles. The third-order valence-corrected chi connectivity index (χ3v) is 2.76. The summed E-state index contributed by atoms with van der Waals surface area (Å²) in [4.78, 5) is 40.7. The second-order valence-corrected chi connectivity index (χ2v) is 5.75. The van der Waals surface area contributed by atoms with Crippen LogP contribution in [0, 0.1) is 10.1 Å². The third kappa shape index (κ3) is 3.79. The van der Waals surface area contributed by atoms with Gasteiger partial charge in [0, 0.05) is 12.3 Å². The van der Waals surface area contributed by atoms with Crippen molar-refractivity contribution in [1.29, 1.82) is 0 Å². The van der Waals surface area contributed by atoms with Crippen LogP contribution in [0.15, 0.2) is 35.3 Å². The minimum absolute atomic E-state index is 0.0791. The molecular formula is C15H15N3O5. The summed E-state index contributed by atoms with van der Waals surface area (Å²) in [6.45, 7) is 5.02. The van der Waals surface area contributed by atoms with Crippen molar-refractivity contribution < 1.29 is 14.5 Å². The highest BCUT2D eigenvalue weighted by Crippen LogP contribution is 2.23. The number of aromatic nitrogens is 2. The Hall–Kier alpha value is -3.03. The molecule has 2 heterocycles. The Kier molecular flexibility index (Phi) is 4.26. The van der Waals surface area contributed by atoms with Crippen LogP contribution in [0.25, 0.3) is 11.4 Å². The molecule has 2 rings (SSSR count). The van der Waals surface area contributed by atoms with Gasteiger partial charge in [-0.3, -0.25) is 19.9 Å². The van der Waals surface area contributed by atoms with Gasteiger partial charge in [0.15, 0.2) is 0 Å². The normalized spacial score (nSPS) is 11.1. The summed E-state index contributed by atoms with van der Waals surface area (Å²) >= 11 is 0. The molecule has 120 valence electrons. The van der Waals surface area contributed by atoms with Crippen molar-refractivity contribution in [2.45, 2.75) is 26.4 Å². The second-order valence-electron chi connectivity index (χ2n) is 5.75. The van der Waals surface area contributed by atoms with Gasteiger partial charge in [-0.1, -0.05) is 6.07 Å². The molecule has 23 heavy (non-hydrogen) atoms. The van der Waals surface area contributed by atoms with Crippen LogP contribution >= 0.6 is 0 Å². The van der Waals surface area contributed by atoms with E-state index >= 15 is 0 Å². The first-order valence-corrected chi connectivity index (χ1v) is 6.75. The molecule has 0 saturated carbocycles. The number of hydrogen-bond donors (Lipinski definition) is 1. The summed E-state index contributed by atoms with van der Waals surface area (Å²) < 4.78 is 5.25. The van der Waals surface area contributed by atoms with Crippen LogP contribution in [-0.2, 0) is 4.74 Å². The molecule has 0 saturated heterocycles. The molecule has 2 aromatic heterocycles. The topological polar surface area (TPSA) is 115 Å². The predicted octanol–water partition coefficient (Wildman–Crippen LogP) is 2.30. The third-order valence-electron chi connectivity index (χ3n) is 2.76. The van der Waals surface area contributed by atoms with Gasteiger partial charge in [0.2, 0.25) is 0 Å². The van der Waals surface area contributed by atoms with Crippen LogP contribution in [0.3, 0.4) is 0 Å².